The number of nitrogens with one attached hydrogen (secondary N) is 1. The molecule has 1 aromatic rings. The van der Waals surface area contributed by atoms with Crippen molar-refractivity contribution in [1.82, 2.24) is 15.1 Å². The summed E-state index contributed by atoms with van der Waals surface area (Å²) >= 11 is 0. The summed E-state index contributed by atoms with van der Waals surface area (Å²) in [5, 5.41) is 2.35. The highest BCUT2D eigenvalue weighted by molar-refractivity contribution is 6.05. The van der Waals surface area contributed by atoms with Gasteiger partial charge in [0.1, 0.15) is 6.04 Å². The number of rotatable bonds is 3. The molecule has 2 atom stereocenters. The maximum absolute atomic E-state index is 13.0. The molecule has 3 fully saturated rings. The van der Waals surface area contributed by atoms with E-state index in [1.54, 1.807) is 4.90 Å². The molecule has 5 rings (SSSR count). The van der Waals surface area contributed by atoms with Crippen LogP contribution in [0.5, 0.6) is 0 Å². The van der Waals surface area contributed by atoms with E-state index in [2.05, 4.69) is 16.3 Å². The summed E-state index contributed by atoms with van der Waals surface area (Å²) in [7, 11) is 0. The van der Waals surface area contributed by atoms with Gasteiger partial charge in [0.25, 0.3) is 5.91 Å². The van der Waals surface area contributed by atoms with Gasteiger partial charge in [-0.2, -0.15) is 0 Å². The van der Waals surface area contributed by atoms with E-state index in [0.29, 0.717) is 18.5 Å². The van der Waals surface area contributed by atoms with Gasteiger partial charge in [-0.25, -0.2) is 0 Å². The summed E-state index contributed by atoms with van der Waals surface area (Å²) in [6.45, 7) is 2.25. The monoisotopic (exact) mass is 382 g/mol. The van der Waals surface area contributed by atoms with Crippen molar-refractivity contribution in [3.8, 4) is 0 Å². The van der Waals surface area contributed by atoms with Crippen LogP contribution in [0.1, 0.15) is 60.0 Å². The Balaban J connectivity index is 1.34. The Morgan fingerprint density at radius 1 is 1.18 bits per heavy atom. The van der Waals surface area contributed by atoms with Crippen molar-refractivity contribution in [2.24, 2.45) is 5.73 Å². The highest BCUT2D eigenvalue weighted by Gasteiger charge is 2.50. The first-order valence-electron chi connectivity index (χ1n) is 10.2. The molecule has 0 radical (unpaired) electrons. The molecule has 1 aromatic carbocycles. The lowest BCUT2D eigenvalue weighted by Gasteiger charge is -2.48. The number of hydrogen-bond donors (Lipinski definition) is 2. The highest BCUT2D eigenvalue weighted by atomic mass is 16.2. The van der Waals surface area contributed by atoms with Gasteiger partial charge in [0.2, 0.25) is 11.8 Å². The molecule has 148 valence electrons. The molecule has 0 aromatic heterocycles. The van der Waals surface area contributed by atoms with Crippen molar-refractivity contribution in [1.29, 1.82) is 0 Å². The Hall–Kier alpha value is -2.25. The van der Waals surface area contributed by atoms with Gasteiger partial charge in [-0.3, -0.25) is 24.6 Å². The number of imide groups is 1. The lowest BCUT2D eigenvalue weighted by atomic mass is 9.72. The smallest absolute Gasteiger partial charge is 0.255 e. The lowest BCUT2D eigenvalue weighted by Crippen LogP contribution is -2.57. The number of benzene rings is 1. The number of nitrogens with two attached hydrogens (primary N) is 1. The van der Waals surface area contributed by atoms with E-state index in [1.807, 2.05) is 12.1 Å². The molecule has 28 heavy (non-hydrogen) atoms. The average Bonchev–Trinajstić information content (AvgIpc) is 3.13. The van der Waals surface area contributed by atoms with Crippen molar-refractivity contribution in [3.05, 3.63) is 34.9 Å². The fourth-order valence-electron chi connectivity index (χ4n) is 5.40. The van der Waals surface area contributed by atoms with Crippen molar-refractivity contribution in [3.63, 3.8) is 0 Å². The van der Waals surface area contributed by atoms with Crippen LogP contribution < -0.4 is 11.1 Å². The molecule has 3 heterocycles. The predicted octanol–water partition coefficient (Wildman–Crippen LogP) is 0.903. The van der Waals surface area contributed by atoms with E-state index in [-0.39, 0.29) is 35.7 Å². The van der Waals surface area contributed by atoms with Crippen LogP contribution in [0.3, 0.4) is 0 Å². The number of hydrogen-bond acceptors (Lipinski definition) is 5. The molecule has 7 heteroatoms. The molecule has 1 saturated carbocycles. The zero-order chi connectivity index (χ0) is 19.5. The molecule has 1 spiro atoms. The zero-order valence-corrected chi connectivity index (χ0v) is 15.9. The summed E-state index contributed by atoms with van der Waals surface area (Å²) in [6, 6.07) is 5.78. The number of likely N-dealkylation sites (tertiary alicyclic amines) is 1. The molecular weight excluding hydrogens is 356 g/mol. The first-order valence-corrected chi connectivity index (χ1v) is 10.2. The molecule has 2 saturated heterocycles. The van der Waals surface area contributed by atoms with Gasteiger partial charge in [-0.1, -0.05) is 12.1 Å². The molecular formula is C21H26N4O3. The van der Waals surface area contributed by atoms with Gasteiger partial charge >= 0.3 is 0 Å². The van der Waals surface area contributed by atoms with E-state index in [0.717, 1.165) is 30.6 Å². The van der Waals surface area contributed by atoms with E-state index < -0.39 is 6.04 Å². The molecule has 3 N–H and O–H groups in total. The fourth-order valence-corrected chi connectivity index (χ4v) is 5.40. The molecule has 0 bridgehead atoms. The molecule has 2 unspecified atom stereocenters. The van der Waals surface area contributed by atoms with Gasteiger partial charge in [0.05, 0.1) is 0 Å². The summed E-state index contributed by atoms with van der Waals surface area (Å²) in [5.74, 6) is -0.736. The predicted molar refractivity (Wildman–Crippen MR) is 102 cm³/mol. The molecule has 1 aliphatic carbocycles. The highest BCUT2D eigenvalue weighted by Crippen LogP contribution is 2.45. The summed E-state index contributed by atoms with van der Waals surface area (Å²) in [6.07, 6.45) is 5.29. The fraction of sp³-hybridized carbons (Fsp3) is 0.571. The molecule has 3 amide bonds. The zero-order valence-electron chi connectivity index (χ0n) is 15.9. The van der Waals surface area contributed by atoms with Crippen molar-refractivity contribution < 1.29 is 14.4 Å². The van der Waals surface area contributed by atoms with Crippen LogP contribution >= 0.6 is 0 Å². The Morgan fingerprint density at radius 3 is 2.71 bits per heavy atom. The Morgan fingerprint density at radius 2 is 2.00 bits per heavy atom. The summed E-state index contributed by atoms with van der Waals surface area (Å²) in [5.41, 5.74) is 9.31. The second-order valence-electron chi connectivity index (χ2n) is 8.67. The van der Waals surface area contributed by atoms with Gasteiger partial charge < -0.3 is 10.6 Å². The van der Waals surface area contributed by atoms with Crippen LogP contribution in [0.2, 0.25) is 0 Å². The van der Waals surface area contributed by atoms with Gasteiger partial charge in [-0.15, -0.1) is 0 Å². The topological polar surface area (TPSA) is 95.7 Å². The second kappa shape index (κ2) is 6.39. The third-order valence-corrected chi connectivity index (χ3v) is 7.22. The van der Waals surface area contributed by atoms with Gasteiger partial charge in [0.15, 0.2) is 0 Å². The van der Waals surface area contributed by atoms with Crippen molar-refractivity contribution >= 4 is 17.7 Å². The number of carbonyl (C=O) groups is 3. The minimum absolute atomic E-state index is 0.108. The second-order valence-corrected chi connectivity index (χ2v) is 8.67. The maximum Gasteiger partial charge on any atom is 0.255 e. The Labute approximate surface area is 164 Å². The van der Waals surface area contributed by atoms with Crippen LogP contribution in [0.4, 0.5) is 0 Å². The van der Waals surface area contributed by atoms with Crippen LogP contribution in [-0.2, 0) is 22.7 Å². The van der Waals surface area contributed by atoms with E-state index in [9.17, 15) is 14.4 Å². The SMILES string of the molecule is NC1CCN(Cc2ccc3c(c2)C(=O)N(C2CCC(=O)NC2=O)C3)C12CCC2. The number of amides is 3. The van der Waals surface area contributed by atoms with E-state index in [4.69, 9.17) is 5.73 Å². The van der Waals surface area contributed by atoms with Crippen LogP contribution in [0, 0.1) is 0 Å². The number of piperidine rings is 1. The van der Waals surface area contributed by atoms with E-state index >= 15 is 0 Å². The average molecular weight is 382 g/mol. The normalized spacial score (nSPS) is 29.2. The molecule has 3 aliphatic heterocycles. The van der Waals surface area contributed by atoms with Gasteiger partial charge in [0, 0.05) is 43.2 Å². The third kappa shape index (κ3) is 2.60. The van der Waals surface area contributed by atoms with Crippen LogP contribution in [-0.4, -0.2) is 51.7 Å². The quantitative estimate of drug-likeness (QED) is 0.758. The maximum atomic E-state index is 13.0. The van der Waals surface area contributed by atoms with E-state index in [1.165, 1.54) is 19.3 Å². The number of fused-ring (bicyclic) bond motifs is 1. The molecule has 4 aliphatic rings. The summed E-state index contributed by atoms with van der Waals surface area (Å²) < 4.78 is 0. The Kier molecular flexibility index (Phi) is 4.07. The largest absolute Gasteiger partial charge is 0.326 e. The minimum Gasteiger partial charge on any atom is -0.326 e. The minimum atomic E-state index is -0.559. The first kappa shape index (κ1) is 17.8. The number of nitrogens with zero attached hydrogens (tertiary/aromatic N) is 2. The van der Waals surface area contributed by atoms with Gasteiger partial charge in [-0.05, 0) is 49.3 Å². The summed E-state index contributed by atoms with van der Waals surface area (Å²) in [4.78, 5) is 40.7. The van der Waals surface area contributed by atoms with Crippen molar-refractivity contribution in [2.75, 3.05) is 6.54 Å². The lowest BCUT2D eigenvalue weighted by molar-refractivity contribution is -0.136. The number of carbonyl (C=O) groups excluding carboxylic acids is 3. The first-order chi connectivity index (χ1) is 13.5. The third-order valence-electron chi connectivity index (χ3n) is 7.22. The Bertz CT molecular complexity index is 863. The van der Waals surface area contributed by atoms with Crippen LogP contribution in [0.15, 0.2) is 18.2 Å². The van der Waals surface area contributed by atoms with Crippen LogP contribution in [0.25, 0.3) is 0 Å². The standard InChI is InChI=1S/C21H26N4O3/c22-17-6-9-24(21(17)7-1-8-21)11-13-2-3-14-12-25(20(28)15(14)10-13)16-4-5-18(26)23-19(16)27/h2-3,10,16-17H,1,4-9,11-12,22H2,(H,23,26,27). The molecule has 7 nitrogen and oxygen atoms in total. The van der Waals surface area contributed by atoms with Crippen molar-refractivity contribution in [2.45, 2.75) is 69.2 Å².